The number of ether oxygens (including phenoxy) is 2. The first-order valence-electron chi connectivity index (χ1n) is 29.8. The second kappa shape index (κ2) is 60.4. The van der Waals surface area contributed by atoms with Crippen LogP contribution in [0.1, 0.15) is 110 Å². The number of primary amides is 4. The van der Waals surface area contributed by atoms with Crippen molar-refractivity contribution in [2.45, 2.75) is 137 Å². The number of hydrogen-bond acceptors (Lipinski definition) is 27. The molecule has 112 heavy (non-hydrogen) atoms. The van der Waals surface area contributed by atoms with E-state index in [2.05, 4.69) is 247 Å². The molecule has 55 heteroatoms. The molecule has 0 aromatic carbocycles. The van der Waals surface area contributed by atoms with Crippen molar-refractivity contribution in [2.24, 2.45) is 27.9 Å². The topological polar surface area (TPSA) is 444 Å². The lowest BCUT2D eigenvalue weighted by Gasteiger charge is -2.23. The summed E-state index contributed by atoms with van der Waals surface area (Å²) in [7, 11) is 7.21. The summed E-state index contributed by atoms with van der Waals surface area (Å²) in [5, 5.41) is 28.6. The SMILES string of the molecule is CC(C)(C)OC(=O)CBr.CC1=C(Br)C(C(N)=O)=NC1.Cc1c(Br)c(C(N)=O)nn1CC(=O)N1C[C@H](F)C[C@H]1C(=O)Nc1cccc(Br)n1.Cc1c(Br)c(C(N)=O)nn1CC(=O)O.Cc1c(Br)c(C(N)=O)nn1CC(=O)OC(C)(C)C.Cl.O=C(Nc1cccc(Br)n1)[C@@H]1C[C@@H](F)CN1.S.S=S.S=S=S.S=S=S=S.S=S=S=S=S. The van der Waals surface area contributed by atoms with Gasteiger partial charge in [0, 0.05) is 167 Å². The Morgan fingerprint density at radius 3 is 1.29 bits per heavy atom. The number of nitrogens with two attached hydrogens (primary N) is 4. The van der Waals surface area contributed by atoms with E-state index >= 15 is 0 Å². The lowest BCUT2D eigenvalue weighted by molar-refractivity contribution is -0.156. The van der Waals surface area contributed by atoms with Gasteiger partial charge in [-0.25, -0.2) is 18.7 Å². The zero-order valence-corrected chi connectivity index (χ0v) is 84.1. The molecule has 8 heterocycles. The Hall–Kier alpha value is -3.06. The van der Waals surface area contributed by atoms with Crippen molar-refractivity contribution >= 4 is 357 Å². The number of rotatable bonds is 15. The Morgan fingerprint density at radius 1 is 0.607 bits per heavy atom. The summed E-state index contributed by atoms with van der Waals surface area (Å²) in [5.41, 5.74) is 22.8. The van der Waals surface area contributed by atoms with E-state index in [0.717, 1.165) is 18.9 Å². The van der Waals surface area contributed by atoms with Gasteiger partial charge in [-0.2, -0.15) is 28.8 Å². The van der Waals surface area contributed by atoms with Gasteiger partial charge < -0.3 is 58.4 Å². The number of carbonyl (C=O) groups is 10. The summed E-state index contributed by atoms with van der Waals surface area (Å²) in [4.78, 5) is 127. The Bertz CT molecular complexity index is 4420. The van der Waals surface area contributed by atoms with Gasteiger partial charge in [0.15, 0.2) is 17.1 Å². The number of esters is 2. The van der Waals surface area contributed by atoms with Crippen molar-refractivity contribution in [2.75, 3.05) is 35.6 Å². The van der Waals surface area contributed by atoms with Crippen molar-refractivity contribution in [3.63, 3.8) is 0 Å². The predicted octanol–water partition coefficient (Wildman–Crippen LogP) is 7.62. The van der Waals surface area contributed by atoms with E-state index in [1.165, 1.54) is 63.3 Å². The van der Waals surface area contributed by atoms with E-state index in [1.54, 1.807) is 77.9 Å². The monoisotopic (exact) mass is 2310 g/mol. The minimum Gasteiger partial charge on any atom is -0.480 e. The highest BCUT2D eigenvalue weighted by atomic mass is 79.9. The van der Waals surface area contributed by atoms with Gasteiger partial charge >= 0.3 is 17.9 Å². The number of nitrogens with zero attached hydrogens (tertiary/aromatic N) is 10. The van der Waals surface area contributed by atoms with Gasteiger partial charge in [-0.05, 0) is 195 Å². The summed E-state index contributed by atoms with van der Waals surface area (Å²) in [6.07, 6.45) is -2.15. The smallest absolute Gasteiger partial charge is 0.328 e. The number of alkyl halides is 3. The number of amides is 7. The van der Waals surface area contributed by atoms with E-state index in [4.69, 9.17) is 37.5 Å². The van der Waals surface area contributed by atoms with Crippen LogP contribution in [-0.2, 0) is 205 Å². The van der Waals surface area contributed by atoms with Crippen LogP contribution in [0.3, 0.4) is 0 Å². The van der Waals surface area contributed by atoms with Gasteiger partial charge in [0.1, 0.15) is 81.1 Å². The van der Waals surface area contributed by atoms with Crippen molar-refractivity contribution in [3.05, 3.63) is 103 Å². The van der Waals surface area contributed by atoms with Crippen LogP contribution in [0.15, 0.2) is 74.1 Å². The molecule has 0 unspecified atom stereocenters. The molecule has 4 atom stereocenters. The molecule has 0 bridgehead atoms. The van der Waals surface area contributed by atoms with E-state index in [-0.39, 0.29) is 117 Å². The summed E-state index contributed by atoms with van der Waals surface area (Å²) in [6.45, 7) is 17.8. The molecule has 3 aliphatic rings. The highest BCUT2D eigenvalue weighted by molar-refractivity contribution is 9.12. The van der Waals surface area contributed by atoms with Crippen LogP contribution in [0, 0.1) is 20.8 Å². The molecule has 2 saturated heterocycles. The van der Waals surface area contributed by atoms with Gasteiger partial charge in [0.2, 0.25) is 17.7 Å². The molecule has 0 aliphatic carbocycles. The van der Waals surface area contributed by atoms with E-state index < -0.39 is 77.4 Å². The molecule has 0 spiro atoms. The van der Waals surface area contributed by atoms with Gasteiger partial charge in [-0.3, -0.25) is 67.0 Å². The maximum absolute atomic E-state index is 14.1. The number of anilines is 2. The Balaban J connectivity index is -0.000000623. The largest absolute Gasteiger partial charge is 0.480 e. The molecule has 624 valence electrons. The fourth-order valence-electron chi connectivity index (χ4n) is 8.03. The third-order valence-electron chi connectivity index (χ3n) is 12.5. The number of likely N-dealkylation sites (tertiary alicyclic amines) is 1. The third-order valence-corrected chi connectivity index (χ3v) is 24.4. The Kier molecular flexibility index (Phi) is 62.2. The summed E-state index contributed by atoms with van der Waals surface area (Å²) in [5.74, 6) is -4.73. The summed E-state index contributed by atoms with van der Waals surface area (Å²) < 4.78 is 44.1. The van der Waals surface area contributed by atoms with E-state index in [0.29, 0.717) is 57.8 Å². The number of carboxylic acids is 1. The molecule has 5 aromatic rings. The number of aliphatic imine (C=N–C) groups is 1. The number of aromatic nitrogens is 8. The average molecular weight is 2320 g/mol. The minimum absolute atomic E-state index is 0. The zero-order valence-electron chi connectivity index (χ0n) is 59.8. The second-order valence-electron chi connectivity index (χ2n) is 22.9. The van der Waals surface area contributed by atoms with E-state index in [9.17, 15) is 56.7 Å². The fraction of sp³-hybridized carbons (Fsp3) is 0.439. The number of nitrogens with one attached hydrogen (secondary N) is 3. The second-order valence-corrected chi connectivity index (χ2v) is 38.9. The number of halogens is 10. The van der Waals surface area contributed by atoms with Crippen LogP contribution < -0.4 is 38.9 Å². The number of hydrogen-bond donors (Lipinski definition) is 8. The highest BCUT2D eigenvalue weighted by Crippen LogP contribution is 2.27. The number of carbonyl (C=O) groups excluding carboxylic acids is 9. The first kappa shape index (κ1) is 115. The molecular formula is C57H73Br7ClF2N17O13S15. The van der Waals surface area contributed by atoms with Gasteiger partial charge in [-0.15, -0.1) is 12.4 Å². The first-order chi connectivity index (χ1) is 51.2. The lowest BCUT2D eigenvalue weighted by Crippen LogP contribution is -2.44. The molecule has 0 radical (unpaired) electrons. The normalized spacial score (nSPS) is 14.5. The van der Waals surface area contributed by atoms with Gasteiger partial charge in [0.25, 0.3) is 23.6 Å². The Labute approximate surface area is 772 Å². The molecule has 5 aromatic heterocycles. The molecule has 3 aliphatic heterocycles. The van der Waals surface area contributed by atoms with Crippen LogP contribution >= 0.6 is 137 Å². The molecule has 2 fully saturated rings. The van der Waals surface area contributed by atoms with Crippen LogP contribution in [-0.4, -0.2) is 175 Å². The highest BCUT2D eigenvalue weighted by Gasteiger charge is 2.40. The quantitative estimate of drug-likeness (QED) is 0.0284. The zero-order chi connectivity index (χ0) is 85.3. The lowest BCUT2D eigenvalue weighted by atomic mass is 10.2. The van der Waals surface area contributed by atoms with Gasteiger partial charge in [0.05, 0.1) is 49.6 Å². The molecule has 8 rings (SSSR count). The Morgan fingerprint density at radius 2 is 1.00 bits per heavy atom. The molecular weight excluding hydrogens is 2240 g/mol. The first-order valence-corrected chi connectivity index (χ1v) is 49.0. The van der Waals surface area contributed by atoms with Crippen LogP contribution in [0.5, 0.6) is 0 Å². The van der Waals surface area contributed by atoms with Crippen molar-refractivity contribution < 1.29 is 71.3 Å². The number of carboxylic acid groups (broad SMARTS) is 1. The van der Waals surface area contributed by atoms with Crippen LogP contribution in [0.25, 0.3) is 0 Å². The van der Waals surface area contributed by atoms with Gasteiger partial charge in [-0.1, -0.05) is 28.1 Å². The third kappa shape index (κ3) is 45.8. The maximum atomic E-state index is 14.1. The predicted molar refractivity (Wildman–Crippen MR) is 494 cm³/mol. The standard InChI is InChI=1S/C17H17Br2FN6O3.C11H16BrN3O3.C10H11BrFN3O.C7H8BrN3O3.C6H7BrN2O.C6H11BrO2.ClH.S5.S4.S3.S2.H2S/c1-8-14(19)15(16(21)28)24-26(8)7-13(27)25-6-9(20)5-10(25)17(29)23-12-4-2-3-11(18)22-12;1-6-8(12)9(10(13)17)14-15(6)5-7(16)18-11(2,3)4;11-8-2-1-3-9(14-8)15-10(16)7-4-6(12)5-13-7;1-3-5(8)6(7(9)14)10-11(3)2-4(12)13;1-3-2-9-5(4(3)7)6(8)10;1-6(2,3)9-5(8)4-7;;1-3-5-4-2;1-3-4-2;1-3-2;1-2;/h2-4,9-10H,5-7H2,1H3,(H2,21,28)(H,22,23,29);5H2,1-4H3,(H2,13,17);1-3,6-7,13H,4-5H2,(H,14,15,16);2H2,1H3,(H2,9,14)(H,12,13);2H2,1H3,(H2,8,10);4H2,1-3H3;1H;;;;;1H2/t9-,10+;;6-,7+;;;;;;;;;/m1.1........./s1. The summed E-state index contributed by atoms with van der Waals surface area (Å²) in [6, 6.07) is 8.76. The number of pyridine rings is 2. The molecule has 12 N–H and O–H groups in total. The minimum atomic E-state index is -1.32. The van der Waals surface area contributed by atoms with Crippen molar-refractivity contribution in [3.8, 4) is 0 Å². The van der Waals surface area contributed by atoms with E-state index in [1.807, 2.05) is 27.7 Å². The average Bonchev–Trinajstić information content (AvgIpc) is 1.66. The number of aliphatic carboxylic acids is 1. The van der Waals surface area contributed by atoms with Crippen LogP contribution in [0.4, 0.5) is 20.4 Å². The fourth-order valence-corrected chi connectivity index (χ4v) is 13.5. The molecule has 7 amide bonds. The van der Waals surface area contributed by atoms with Crippen LogP contribution in [0.2, 0.25) is 0 Å². The summed E-state index contributed by atoms with van der Waals surface area (Å²) >= 11 is 55.3. The maximum Gasteiger partial charge on any atom is 0.328 e. The molecule has 30 nitrogen and oxygen atoms in total. The van der Waals surface area contributed by atoms with Crippen molar-refractivity contribution in [1.82, 2.24) is 49.5 Å². The molecule has 0 saturated carbocycles. The van der Waals surface area contributed by atoms with Crippen molar-refractivity contribution in [1.29, 1.82) is 0 Å².